The number of hydrogen-bond donors (Lipinski definition) is 2. The molecule has 142 valence electrons. The number of amides is 1. The van der Waals surface area contributed by atoms with Crippen molar-refractivity contribution in [1.29, 1.82) is 0 Å². The minimum atomic E-state index is -1.23. The van der Waals surface area contributed by atoms with Crippen molar-refractivity contribution in [2.24, 2.45) is 5.16 Å². The first-order valence-electron chi connectivity index (χ1n) is 7.59. The number of oxime groups is 1. The standard InChI is InChI=1S/C15H14N4O6S2/c1-25-16-6-8-7-26-14-11(13(20)18(14)12(8)15(21)22)17-27-10-5-3-2-4-9(10)19(23)24/h2-6,11,14,17H,7H2,1H3,(H,21,22)/t11-,14+/m1/s1. The van der Waals surface area contributed by atoms with Crippen LogP contribution in [0.15, 0.2) is 45.6 Å². The summed E-state index contributed by atoms with van der Waals surface area (Å²) in [5.41, 5.74) is 0.182. The number of nitrogens with zero attached hydrogens (tertiary/aromatic N) is 3. The fourth-order valence-electron chi connectivity index (χ4n) is 2.66. The molecule has 0 bridgehead atoms. The number of benzene rings is 1. The minimum Gasteiger partial charge on any atom is -0.477 e. The molecule has 0 aliphatic carbocycles. The molecule has 2 aliphatic rings. The highest BCUT2D eigenvalue weighted by Crippen LogP contribution is 2.41. The van der Waals surface area contributed by atoms with Gasteiger partial charge >= 0.3 is 5.97 Å². The molecule has 1 fully saturated rings. The predicted molar refractivity (Wildman–Crippen MR) is 99.1 cm³/mol. The van der Waals surface area contributed by atoms with Gasteiger partial charge in [0.1, 0.15) is 29.1 Å². The van der Waals surface area contributed by atoms with E-state index in [4.69, 9.17) is 0 Å². The zero-order valence-electron chi connectivity index (χ0n) is 13.9. The molecule has 1 aromatic rings. The number of para-hydroxylation sites is 1. The highest BCUT2D eigenvalue weighted by molar-refractivity contribution is 8.00. The summed E-state index contributed by atoms with van der Waals surface area (Å²) in [6, 6.07) is 5.51. The summed E-state index contributed by atoms with van der Waals surface area (Å²) in [7, 11) is 1.34. The van der Waals surface area contributed by atoms with Crippen LogP contribution >= 0.6 is 23.7 Å². The lowest BCUT2D eigenvalue weighted by Gasteiger charge is -2.49. The number of β-lactam (4-membered cyclic amide) rings is 1. The Hall–Kier alpha value is -2.57. The quantitative estimate of drug-likeness (QED) is 0.225. The number of carbonyl (C=O) groups is 2. The number of carbonyl (C=O) groups excluding carboxylic acids is 1. The largest absolute Gasteiger partial charge is 0.477 e. The Morgan fingerprint density at radius 1 is 1.56 bits per heavy atom. The molecule has 1 saturated heterocycles. The minimum absolute atomic E-state index is 0.0703. The fraction of sp³-hybridized carbons (Fsp3) is 0.267. The Bertz CT molecular complexity index is 858. The molecular weight excluding hydrogens is 396 g/mol. The van der Waals surface area contributed by atoms with Crippen LogP contribution in [-0.2, 0) is 14.4 Å². The van der Waals surface area contributed by atoms with E-state index < -0.39 is 28.2 Å². The summed E-state index contributed by atoms with van der Waals surface area (Å²) in [5, 5.41) is 23.7. The Balaban J connectivity index is 1.75. The molecule has 2 aliphatic heterocycles. The average molecular weight is 410 g/mol. The Labute approximate surface area is 161 Å². The first-order valence-corrected chi connectivity index (χ1v) is 9.45. The van der Waals surface area contributed by atoms with Crippen molar-refractivity contribution in [3.8, 4) is 0 Å². The molecule has 0 saturated carbocycles. The Morgan fingerprint density at radius 3 is 2.96 bits per heavy atom. The van der Waals surface area contributed by atoms with Crippen molar-refractivity contribution in [3.05, 3.63) is 45.6 Å². The third-order valence-corrected chi connectivity index (χ3v) is 6.11. The van der Waals surface area contributed by atoms with E-state index >= 15 is 0 Å². The zero-order chi connectivity index (χ0) is 19.6. The highest BCUT2D eigenvalue weighted by atomic mass is 32.2. The van der Waals surface area contributed by atoms with Crippen LogP contribution in [0.4, 0.5) is 5.69 Å². The molecule has 3 rings (SSSR count). The number of nitrogens with one attached hydrogen (secondary N) is 1. The topological polar surface area (TPSA) is 134 Å². The number of aliphatic carboxylic acids is 1. The molecule has 10 nitrogen and oxygen atoms in total. The molecule has 1 aromatic carbocycles. The average Bonchev–Trinajstić information content (AvgIpc) is 2.65. The smallest absolute Gasteiger partial charge is 0.353 e. The van der Waals surface area contributed by atoms with E-state index in [0.29, 0.717) is 16.2 Å². The Kier molecular flexibility index (Phi) is 5.68. The summed E-state index contributed by atoms with van der Waals surface area (Å²) in [6.45, 7) is 0. The number of carboxylic acid groups (broad SMARTS) is 1. The van der Waals surface area contributed by atoms with Crippen LogP contribution in [0.3, 0.4) is 0 Å². The van der Waals surface area contributed by atoms with Gasteiger partial charge in [0.05, 0.1) is 11.1 Å². The van der Waals surface area contributed by atoms with Gasteiger partial charge in [-0.05, 0) is 18.0 Å². The predicted octanol–water partition coefficient (Wildman–Crippen LogP) is 1.45. The van der Waals surface area contributed by atoms with Crippen molar-refractivity contribution >= 4 is 47.5 Å². The lowest BCUT2D eigenvalue weighted by molar-refractivity contribution is -0.387. The maximum absolute atomic E-state index is 12.5. The Morgan fingerprint density at radius 2 is 2.30 bits per heavy atom. The maximum atomic E-state index is 12.5. The van der Waals surface area contributed by atoms with Crippen LogP contribution in [-0.4, -0.2) is 57.3 Å². The van der Waals surface area contributed by atoms with Crippen LogP contribution in [0.5, 0.6) is 0 Å². The number of thioether (sulfide) groups is 1. The van der Waals surface area contributed by atoms with Crippen LogP contribution in [0.1, 0.15) is 0 Å². The van der Waals surface area contributed by atoms with Gasteiger partial charge in [-0.2, -0.15) is 0 Å². The van der Waals surface area contributed by atoms with E-state index in [-0.39, 0.29) is 11.4 Å². The van der Waals surface area contributed by atoms with E-state index in [1.54, 1.807) is 18.2 Å². The molecule has 2 N–H and O–H groups in total. The van der Waals surface area contributed by atoms with E-state index in [1.165, 1.54) is 36.1 Å². The van der Waals surface area contributed by atoms with Crippen LogP contribution in [0.25, 0.3) is 0 Å². The zero-order valence-corrected chi connectivity index (χ0v) is 15.5. The van der Waals surface area contributed by atoms with Gasteiger partial charge < -0.3 is 9.94 Å². The van der Waals surface area contributed by atoms with E-state index in [2.05, 4.69) is 14.7 Å². The van der Waals surface area contributed by atoms with Crippen molar-refractivity contribution < 1.29 is 24.5 Å². The van der Waals surface area contributed by atoms with E-state index in [1.807, 2.05) is 0 Å². The SMILES string of the molecule is CON=CC1=C(C(=O)O)N2C(=O)[C@@H](NSc3ccccc3[N+](=O)[O-])[C@@H]2SC1. The number of hydrogen-bond acceptors (Lipinski definition) is 9. The third kappa shape index (κ3) is 3.63. The van der Waals surface area contributed by atoms with E-state index in [0.717, 1.165) is 11.9 Å². The molecular formula is C15H14N4O6S2. The highest BCUT2D eigenvalue weighted by Gasteiger charge is 2.53. The van der Waals surface area contributed by atoms with Crippen molar-refractivity contribution in [3.63, 3.8) is 0 Å². The fourth-order valence-corrected chi connectivity index (χ4v) is 4.92. The van der Waals surface area contributed by atoms with Crippen LogP contribution in [0.2, 0.25) is 0 Å². The molecule has 27 heavy (non-hydrogen) atoms. The first-order chi connectivity index (χ1) is 13.0. The molecule has 0 spiro atoms. The lowest BCUT2D eigenvalue weighted by atomic mass is 10.0. The summed E-state index contributed by atoms with van der Waals surface area (Å²) in [4.78, 5) is 40.8. The third-order valence-electron chi connectivity index (χ3n) is 3.87. The normalized spacial score (nSPS) is 21.8. The second kappa shape index (κ2) is 7.98. The van der Waals surface area contributed by atoms with Crippen molar-refractivity contribution in [1.82, 2.24) is 9.62 Å². The molecule has 0 radical (unpaired) electrons. The second-order valence-corrected chi connectivity index (χ2v) is 7.41. The number of carboxylic acids is 1. The summed E-state index contributed by atoms with van der Waals surface area (Å²) >= 11 is 2.36. The van der Waals surface area contributed by atoms with Crippen LogP contribution in [0, 0.1) is 10.1 Å². The van der Waals surface area contributed by atoms with E-state index in [9.17, 15) is 24.8 Å². The number of rotatable bonds is 7. The van der Waals surface area contributed by atoms with Gasteiger partial charge in [0.25, 0.3) is 5.69 Å². The van der Waals surface area contributed by atoms with Gasteiger partial charge in [-0.1, -0.05) is 17.3 Å². The summed E-state index contributed by atoms with van der Waals surface area (Å²) in [5.74, 6) is -1.30. The van der Waals surface area contributed by atoms with Gasteiger partial charge in [-0.25, -0.2) is 9.52 Å². The first kappa shape index (κ1) is 19.2. The molecule has 12 heteroatoms. The molecule has 0 unspecified atom stereocenters. The van der Waals surface area contributed by atoms with Gasteiger partial charge in [0.2, 0.25) is 5.91 Å². The number of nitro groups is 1. The second-order valence-electron chi connectivity index (χ2n) is 5.43. The molecule has 1 amide bonds. The lowest BCUT2D eigenvalue weighted by Crippen LogP contribution is -2.68. The number of nitro benzene ring substituents is 1. The summed E-state index contributed by atoms with van der Waals surface area (Å²) in [6.07, 6.45) is 1.28. The van der Waals surface area contributed by atoms with Crippen molar-refractivity contribution in [2.75, 3.05) is 12.9 Å². The maximum Gasteiger partial charge on any atom is 0.353 e. The van der Waals surface area contributed by atoms with Gasteiger partial charge in [-0.3, -0.25) is 19.8 Å². The molecule has 0 aromatic heterocycles. The monoisotopic (exact) mass is 410 g/mol. The van der Waals surface area contributed by atoms with Gasteiger partial charge in [-0.15, -0.1) is 11.8 Å². The van der Waals surface area contributed by atoms with Crippen molar-refractivity contribution in [2.45, 2.75) is 16.3 Å². The molecule has 2 heterocycles. The van der Waals surface area contributed by atoms with Gasteiger partial charge in [0.15, 0.2) is 0 Å². The number of fused-ring (bicyclic) bond motifs is 1. The van der Waals surface area contributed by atoms with Gasteiger partial charge in [0, 0.05) is 17.4 Å². The molecule has 2 atom stereocenters. The summed E-state index contributed by atoms with van der Waals surface area (Å²) < 4.78 is 2.92. The van der Waals surface area contributed by atoms with Crippen LogP contribution < -0.4 is 4.72 Å².